The molecule has 2 rings (SSSR count). The second kappa shape index (κ2) is 7.15. The third-order valence-corrected chi connectivity index (χ3v) is 3.33. The summed E-state index contributed by atoms with van der Waals surface area (Å²) in [5, 5.41) is 9.60. The Morgan fingerprint density at radius 3 is 2.68 bits per heavy atom. The van der Waals surface area contributed by atoms with Gasteiger partial charge in [0.15, 0.2) is 11.5 Å². The first kappa shape index (κ1) is 16.1. The Morgan fingerprint density at radius 1 is 1.27 bits per heavy atom. The fourth-order valence-corrected chi connectivity index (χ4v) is 2.14. The maximum Gasteiger partial charge on any atom is 0.325 e. The van der Waals surface area contributed by atoms with E-state index < -0.39 is 12.0 Å². The lowest BCUT2D eigenvalue weighted by Crippen LogP contribution is -2.20. The minimum absolute atomic E-state index is 0.280. The van der Waals surface area contributed by atoms with Gasteiger partial charge in [-0.2, -0.15) is 0 Å². The maximum atomic E-state index is 11.0. The average Bonchev–Trinajstić information content (AvgIpc) is 2.51. The van der Waals surface area contributed by atoms with E-state index in [0.29, 0.717) is 22.1 Å². The van der Waals surface area contributed by atoms with Crippen LogP contribution >= 0.6 is 11.6 Å². The van der Waals surface area contributed by atoms with Gasteiger partial charge >= 0.3 is 5.97 Å². The van der Waals surface area contributed by atoms with Crippen molar-refractivity contribution in [2.75, 3.05) is 7.11 Å². The van der Waals surface area contributed by atoms with Crippen molar-refractivity contribution in [3.8, 4) is 11.5 Å². The number of aliphatic carboxylic acids is 1. The molecule has 0 aliphatic heterocycles. The molecule has 116 valence electrons. The van der Waals surface area contributed by atoms with Gasteiger partial charge in [0, 0.05) is 5.02 Å². The molecule has 0 aromatic heterocycles. The smallest absolute Gasteiger partial charge is 0.325 e. The van der Waals surface area contributed by atoms with Crippen molar-refractivity contribution < 1.29 is 19.4 Å². The van der Waals surface area contributed by atoms with Crippen LogP contribution in [0.25, 0.3) is 0 Å². The van der Waals surface area contributed by atoms with Crippen LogP contribution in [0.1, 0.15) is 17.2 Å². The SMILES string of the molecule is COc1ccc([C@H](N)C(=O)O)cc1OCc1cccc(Cl)c1. The molecule has 0 amide bonds. The zero-order valence-electron chi connectivity index (χ0n) is 12.0. The molecule has 0 spiro atoms. The highest BCUT2D eigenvalue weighted by Crippen LogP contribution is 2.30. The average molecular weight is 322 g/mol. The summed E-state index contributed by atoms with van der Waals surface area (Å²) in [6, 6.07) is 11.0. The van der Waals surface area contributed by atoms with E-state index in [9.17, 15) is 4.79 Å². The first-order valence-corrected chi connectivity index (χ1v) is 6.92. The van der Waals surface area contributed by atoms with Gasteiger partial charge in [-0.1, -0.05) is 29.8 Å². The number of hydrogen-bond donors (Lipinski definition) is 2. The van der Waals surface area contributed by atoms with Crippen LogP contribution in [0.15, 0.2) is 42.5 Å². The topological polar surface area (TPSA) is 81.8 Å². The van der Waals surface area contributed by atoms with Gasteiger partial charge < -0.3 is 20.3 Å². The lowest BCUT2D eigenvalue weighted by Gasteiger charge is -2.14. The summed E-state index contributed by atoms with van der Waals surface area (Å²) in [5.41, 5.74) is 6.94. The number of nitrogens with two attached hydrogens (primary N) is 1. The zero-order chi connectivity index (χ0) is 16.1. The van der Waals surface area contributed by atoms with Crippen molar-refractivity contribution >= 4 is 17.6 Å². The molecule has 0 heterocycles. The summed E-state index contributed by atoms with van der Waals surface area (Å²) < 4.78 is 10.9. The van der Waals surface area contributed by atoms with E-state index in [1.54, 1.807) is 30.3 Å². The van der Waals surface area contributed by atoms with Crippen LogP contribution in [0.4, 0.5) is 0 Å². The fraction of sp³-hybridized carbons (Fsp3) is 0.188. The third kappa shape index (κ3) is 3.90. The summed E-state index contributed by atoms with van der Waals surface area (Å²) >= 11 is 5.92. The Bertz CT molecular complexity index is 675. The van der Waals surface area contributed by atoms with Gasteiger partial charge in [-0.25, -0.2) is 0 Å². The molecule has 0 saturated carbocycles. The molecule has 2 aromatic rings. The summed E-state index contributed by atoms with van der Waals surface area (Å²) in [6.07, 6.45) is 0. The van der Waals surface area contributed by atoms with E-state index in [4.69, 9.17) is 31.9 Å². The highest BCUT2D eigenvalue weighted by atomic mass is 35.5. The van der Waals surface area contributed by atoms with E-state index in [1.165, 1.54) is 7.11 Å². The van der Waals surface area contributed by atoms with Crippen LogP contribution in [0, 0.1) is 0 Å². The molecule has 22 heavy (non-hydrogen) atoms. The van der Waals surface area contributed by atoms with E-state index in [2.05, 4.69) is 0 Å². The van der Waals surface area contributed by atoms with Gasteiger partial charge in [-0.05, 0) is 35.4 Å². The molecule has 0 aliphatic rings. The van der Waals surface area contributed by atoms with Crippen molar-refractivity contribution in [1.29, 1.82) is 0 Å². The molecule has 1 atom stereocenters. The first-order valence-electron chi connectivity index (χ1n) is 6.55. The standard InChI is InChI=1S/C16H16ClNO4/c1-21-13-6-5-11(15(18)16(19)20)8-14(13)22-9-10-3-2-4-12(17)7-10/h2-8,15H,9,18H2,1H3,(H,19,20)/t15-/m0/s1. The molecular weight excluding hydrogens is 306 g/mol. The number of benzene rings is 2. The van der Waals surface area contributed by atoms with Crippen molar-refractivity contribution in [2.24, 2.45) is 5.73 Å². The Balaban J connectivity index is 2.21. The lowest BCUT2D eigenvalue weighted by molar-refractivity contribution is -0.138. The third-order valence-electron chi connectivity index (χ3n) is 3.10. The fourth-order valence-electron chi connectivity index (χ4n) is 1.93. The van der Waals surface area contributed by atoms with E-state index >= 15 is 0 Å². The van der Waals surface area contributed by atoms with Crippen molar-refractivity contribution in [2.45, 2.75) is 12.6 Å². The van der Waals surface area contributed by atoms with Gasteiger partial charge in [-0.15, -0.1) is 0 Å². The molecule has 0 radical (unpaired) electrons. The molecule has 3 N–H and O–H groups in total. The van der Waals surface area contributed by atoms with E-state index in [0.717, 1.165) is 5.56 Å². The van der Waals surface area contributed by atoms with Gasteiger partial charge in [0.25, 0.3) is 0 Å². The molecule has 5 nitrogen and oxygen atoms in total. The lowest BCUT2D eigenvalue weighted by atomic mass is 10.1. The normalized spacial score (nSPS) is 11.8. The second-order valence-electron chi connectivity index (χ2n) is 4.64. The first-order chi connectivity index (χ1) is 10.5. The van der Waals surface area contributed by atoms with Crippen LogP contribution in [-0.2, 0) is 11.4 Å². The Morgan fingerprint density at radius 2 is 2.05 bits per heavy atom. The monoisotopic (exact) mass is 321 g/mol. The van der Waals surface area contributed by atoms with Crippen LogP contribution in [-0.4, -0.2) is 18.2 Å². The van der Waals surface area contributed by atoms with Gasteiger partial charge in [0.2, 0.25) is 0 Å². The number of carboxylic acid groups (broad SMARTS) is 1. The van der Waals surface area contributed by atoms with Crippen molar-refractivity contribution in [3.63, 3.8) is 0 Å². The van der Waals surface area contributed by atoms with Crippen LogP contribution in [0.2, 0.25) is 5.02 Å². The molecule has 0 fully saturated rings. The van der Waals surface area contributed by atoms with Gasteiger partial charge in [-0.3, -0.25) is 4.79 Å². The molecule has 0 bridgehead atoms. The highest BCUT2D eigenvalue weighted by molar-refractivity contribution is 6.30. The minimum Gasteiger partial charge on any atom is -0.493 e. The van der Waals surface area contributed by atoms with E-state index in [-0.39, 0.29) is 6.61 Å². The van der Waals surface area contributed by atoms with E-state index in [1.807, 2.05) is 12.1 Å². The van der Waals surface area contributed by atoms with Crippen LogP contribution < -0.4 is 15.2 Å². The molecule has 0 saturated heterocycles. The molecule has 0 aliphatic carbocycles. The number of rotatable bonds is 6. The van der Waals surface area contributed by atoms with Crippen molar-refractivity contribution in [3.05, 3.63) is 58.6 Å². The summed E-state index contributed by atoms with van der Waals surface area (Å²) in [7, 11) is 1.51. The zero-order valence-corrected chi connectivity index (χ0v) is 12.7. The van der Waals surface area contributed by atoms with Crippen molar-refractivity contribution in [1.82, 2.24) is 0 Å². The quantitative estimate of drug-likeness (QED) is 0.854. The number of hydrogen-bond acceptors (Lipinski definition) is 4. The number of carboxylic acids is 1. The van der Waals surface area contributed by atoms with Crippen LogP contribution in [0.3, 0.4) is 0 Å². The minimum atomic E-state index is -1.11. The summed E-state index contributed by atoms with van der Waals surface area (Å²) in [4.78, 5) is 11.0. The number of methoxy groups -OCH3 is 1. The molecule has 2 aromatic carbocycles. The Kier molecular flexibility index (Phi) is 5.25. The van der Waals surface area contributed by atoms with Crippen LogP contribution in [0.5, 0.6) is 11.5 Å². The van der Waals surface area contributed by atoms with Gasteiger partial charge in [0.05, 0.1) is 7.11 Å². The predicted octanol–water partition coefficient (Wildman–Crippen LogP) is 3.01. The Labute approximate surface area is 133 Å². The highest BCUT2D eigenvalue weighted by Gasteiger charge is 2.16. The predicted molar refractivity (Wildman–Crippen MR) is 83.3 cm³/mol. The summed E-state index contributed by atoms with van der Waals surface area (Å²) in [5.74, 6) is -0.175. The maximum absolute atomic E-state index is 11.0. The number of halogens is 1. The second-order valence-corrected chi connectivity index (χ2v) is 5.08. The molecule has 0 unspecified atom stereocenters. The molecule has 6 heteroatoms. The number of ether oxygens (including phenoxy) is 2. The molecular formula is C16H16ClNO4. The van der Waals surface area contributed by atoms with Gasteiger partial charge in [0.1, 0.15) is 12.6 Å². The summed E-state index contributed by atoms with van der Waals surface area (Å²) in [6.45, 7) is 0.280. The largest absolute Gasteiger partial charge is 0.493 e. The Hall–Kier alpha value is -2.24. The number of carbonyl (C=O) groups is 1.